The Labute approximate surface area is 328 Å². The monoisotopic (exact) mass is 760 g/mol. The molecule has 0 fully saturated rings. The summed E-state index contributed by atoms with van der Waals surface area (Å²) in [7, 11) is 0. The fourth-order valence-electron chi connectivity index (χ4n) is 5.11. The molecular weight excluding hydrogens is 712 g/mol. The molecule has 4 aromatic rings. The van der Waals surface area contributed by atoms with Gasteiger partial charge in [0, 0.05) is 23.3 Å². The van der Waals surface area contributed by atoms with Crippen molar-refractivity contribution in [3.05, 3.63) is 145 Å². The van der Waals surface area contributed by atoms with Crippen molar-refractivity contribution in [2.45, 2.75) is 58.0 Å². The van der Waals surface area contributed by atoms with Crippen LogP contribution in [0.15, 0.2) is 122 Å². The Morgan fingerprint density at radius 1 is 0.554 bits per heavy atom. The number of rotatable bonds is 24. The maximum absolute atomic E-state index is 13.4. The van der Waals surface area contributed by atoms with E-state index in [2.05, 4.69) is 25.0 Å². The lowest BCUT2D eigenvalue weighted by Gasteiger charge is -2.10. The third-order valence-corrected chi connectivity index (χ3v) is 8.09. The molecule has 56 heavy (non-hydrogen) atoms. The SMILES string of the molecule is C=CC(=O)OCCCCCCOc1ccc(OOCc2ccc(C(=O)Oc3ccc(OCCCCCCOC(=O)C=C)cc3)c(C#Cc3ccccc3)c2)cc1. The summed E-state index contributed by atoms with van der Waals surface area (Å²) in [5, 5.41) is 0. The van der Waals surface area contributed by atoms with Crippen molar-refractivity contribution in [2.24, 2.45) is 0 Å². The minimum absolute atomic E-state index is 0.104. The van der Waals surface area contributed by atoms with Crippen molar-refractivity contribution in [1.82, 2.24) is 0 Å². The van der Waals surface area contributed by atoms with Crippen LogP contribution < -0.4 is 19.1 Å². The van der Waals surface area contributed by atoms with Gasteiger partial charge < -0.3 is 28.6 Å². The van der Waals surface area contributed by atoms with Crippen LogP contribution in [-0.2, 0) is 30.6 Å². The van der Waals surface area contributed by atoms with Crippen LogP contribution in [0.2, 0.25) is 0 Å². The molecule has 0 unspecified atom stereocenters. The first-order valence-corrected chi connectivity index (χ1v) is 18.7. The van der Waals surface area contributed by atoms with Gasteiger partial charge in [-0.1, -0.05) is 49.3 Å². The van der Waals surface area contributed by atoms with Gasteiger partial charge in [0.2, 0.25) is 0 Å². The summed E-state index contributed by atoms with van der Waals surface area (Å²) >= 11 is 0. The summed E-state index contributed by atoms with van der Waals surface area (Å²) in [6.45, 7) is 8.77. The second kappa shape index (κ2) is 24.9. The summed E-state index contributed by atoms with van der Waals surface area (Å²) in [5.41, 5.74) is 2.34. The summed E-state index contributed by atoms with van der Waals surface area (Å²) < 4.78 is 27.3. The molecule has 292 valence electrons. The Morgan fingerprint density at radius 2 is 1.07 bits per heavy atom. The second-order valence-corrected chi connectivity index (χ2v) is 12.4. The summed E-state index contributed by atoms with van der Waals surface area (Å²) in [6.07, 6.45) is 9.46. The molecule has 0 aliphatic rings. The average Bonchev–Trinajstić information content (AvgIpc) is 3.23. The fraction of sp³-hybridized carbons (Fsp3) is 0.283. The molecule has 0 aliphatic carbocycles. The predicted molar refractivity (Wildman–Crippen MR) is 212 cm³/mol. The number of unbranched alkanes of at least 4 members (excludes halogenated alkanes) is 6. The normalized spacial score (nSPS) is 10.3. The zero-order chi connectivity index (χ0) is 39.6. The number of carbonyl (C=O) groups excluding carboxylic acids is 3. The number of benzene rings is 4. The van der Waals surface area contributed by atoms with Crippen LogP contribution in [0, 0.1) is 11.8 Å². The first-order valence-electron chi connectivity index (χ1n) is 18.7. The number of hydrogen-bond acceptors (Lipinski definition) is 10. The zero-order valence-electron chi connectivity index (χ0n) is 31.6. The molecule has 10 nitrogen and oxygen atoms in total. The highest BCUT2D eigenvalue weighted by molar-refractivity contribution is 5.94. The van der Waals surface area contributed by atoms with E-state index in [1.165, 1.54) is 6.08 Å². The van der Waals surface area contributed by atoms with Gasteiger partial charge in [-0.05, 0) is 130 Å². The van der Waals surface area contributed by atoms with Crippen LogP contribution in [0.5, 0.6) is 23.0 Å². The maximum Gasteiger partial charge on any atom is 0.344 e. The van der Waals surface area contributed by atoms with Gasteiger partial charge in [-0.15, -0.1) is 0 Å². The van der Waals surface area contributed by atoms with Crippen molar-refractivity contribution in [2.75, 3.05) is 26.4 Å². The van der Waals surface area contributed by atoms with E-state index in [1.807, 2.05) is 42.5 Å². The molecule has 0 bridgehead atoms. The molecule has 4 aromatic carbocycles. The average molecular weight is 761 g/mol. The Balaban J connectivity index is 1.24. The van der Waals surface area contributed by atoms with Crippen LogP contribution in [0.3, 0.4) is 0 Å². The van der Waals surface area contributed by atoms with E-state index in [0.29, 0.717) is 54.8 Å². The van der Waals surface area contributed by atoms with Gasteiger partial charge in [-0.3, -0.25) is 0 Å². The lowest BCUT2D eigenvalue weighted by molar-refractivity contribution is -0.217. The molecular formula is C46H48O10. The summed E-state index contributed by atoms with van der Waals surface area (Å²) in [4.78, 5) is 46.6. The minimum Gasteiger partial charge on any atom is -0.494 e. The zero-order valence-corrected chi connectivity index (χ0v) is 31.6. The minimum atomic E-state index is -0.549. The van der Waals surface area contributed by atoms with Gasteiger partial charge in [0.1, 0.15) is 23.9 Å². The fourth-order valence-corrected chi connectivity index (χ4v) is 5.11. The number of esters is 3. The largest absolute Gasteiger partial charge is 0.494 e. The van der Waals surface area contributed by atoms with Gasteiger partial charge in [-0.25, -0.2) is 14.4 Å². The van der Waals surface area contributed by atoms with Crippen LogP contribution in [-0.4, -0.2) is 44.3 Å². The van der Waals surface area contributed by atoms with Gasteiger partial charge in [0.15, 0.2) is 5.75 Å². The number of carbonyl (C=O) groups is 3. The van der Waals surface area contributed by atoms with E-state index < -0.39 is 17.9 Å². The summed E-state index contributed by atoms with van der Waals surface area (Å²) in [6, 6.07) is 28.7. The highest BCUT2D eigenvalue weighted by Gasteiger charge is 2.15. The molecule has 0 N–H and O–H groups in total. The smallest absolute Gasteiger partial charge is 0.344 e. The Morgan fingerprint density at radius 3 is 1.62 bits per heavy atom. The van der Waals surface area contributed by atoms with E-state index in [1.54, 1.807) is 54.6 Å². The van der Waals surface area contributed by atoms with Crippen molar-refractivity contribution in [3.63, 3.8) is 0 Å². The lowest BCUT2D eigenvalue weighted by Crippen LogP contribution is -2.11. The first kappa shape index (κ1) is 42.4. The van der Waals surface area contributed by atoms with Crippen LogP contribution in [0.1, 0.15) is 78.4 Å². The molecule has 0 atom stereocenters. The van der Waals surface area contributed by atoms with Gasteiger partial charge >= 0.3 is 17.9 Å². The van der Waals surface area contributed by atoms with Crippen LogP contribution >= 0.6 is 0 Å². The topological polar surface area (TPSA) is 116 Å². The third kappa shape index (κ3) is 16.4. The third-order valence-electron chi connectivity index (χ3n) is 8.09. The van der Waals surface area contributed by atoms with Gasteiger partial charge in [0.05, 0.1) is 32.0 Å². The van der Waals surface area contributed by atoms with Crippen molar-refractivity contribution >= 4 is 17.9 Å². The van der Waals surface area contributed by atoms with Crippen molar-refractivity contribution in [1.29, 1.82) is 0 Å². The van der Waals surface area contributed by atoms with E-state index in [0.717, 1.165) is 74.3 Å². The molecule has 4 rings (SSSR count). The molecule has 0 aromatic heterocycles. The van der Waals surface area contributed by atoms with E-state index in [-0.39, 0.29) is 6.61 Å². The molecule has 0 amide bonds. The second-order valence-electron chi connectivity index (χ2n) is 12.4. The van der Waals surface area contributed by atoms with Crippen molar-refractivity contribution in [3.8, 4) is 34.8 Å². The molecule has 0 spiro atoms. The lowest BCUT2D eigenvalue weighted by atomic mass is 10.0. The summed E-state index contributed by atoms with van der Waals surface area (Å²) in [5.74, 6) is 7.16. The molecule has 0 heterocycles. The number of hydrogen-bond donors (Lipinski definition) is 0. The van der Waals surface area contributed by atoms with E-state index >= 15 is 0 Å². The quantitative estimate of drug-likeness (QED) is 0.0130. The van der Waals surface area contributed by atoms with Crippen molar-refractivity contribution < 1.29 is 47.8 Å². The highest BCUT2D eigenvalue weighted by Crippen LogP contribution is 2.22. The standard InChI is InChI=1S/C46H48O10/c1-3-44(47)52-32-14-7-5-12-30-50-39-21-25-41(26-22-39)55-46(49)43-29-19-37(34-38(43)20-18-36-16-10-9-11-17-36)35-54-56-42-27-23-40(24-28-42)51-31-13-6-8-15-33-53-45(48)4-2/h3-4,9-11,16-17,19,21-29,34H,1-2,5-8,12-15,30-33,35H2. The van der Waals surface area contributed by atoms with E-state index in [4.69, 9.17) is 33.5 Å². The highest BCUT2D eigenvalue weighted by atomic mass is 17.2. The van der Waals surface area contributed by atoms with Crippen LogP contribution in [0.4, 0.5) is 0 Å². The first-order chi connectivity index (χ1) is 27.4. The predicted octanol–water partition coefficient (Wildman–Crippen LogP) is 9.15. The van der Waals surface area contributed by atoms with Gasteiger partial charge in [-0.2, -0.15) is 4.89 Å². The van der Waals surface area contributed by atoms with Crippen LogP contribution in [0.25, 0.3) is 0 Å². The maximum atomic E-state index is 13.4. The molecule has 0 aliphatic heterocycles. The van der Waals surface area contributed by atoms with E-state index in [9.17, 15) is 14.4 Å². The Hall–Kier alpha value is -6.31. The number of ether oxygens (including phenoxy) is 5. The molecule has 0 radical (unpaired) electrons. The Bertz CT molecular complexity index is 1890. The van der Waals surface area contributed by atoms with Gasteiger partial charge in [0.25, 0.3) is 0 Å². The molecule has 0 saturated heterocycles. The molecule has 0 saturated carbocycles. The molecule has 10 heteroatoms. The Kier molecular flexibility index (Phi) is 18.9.